The Labute approximate surface area is 77.7 Å². The molecule has 76 valence electrons. The summed E-state index contributed by atoms with van der Waals surface area (Å²) in [5, 5.41) is 18.2. The summed E-state index contributed by atoms with van der Waals surface area (Å²) in [4.78, 5) is 10.5. The van der Waals surface area contributed by atoms with E-state index in [0.29, 0.717) is 0 Å². The van der Waals surface area contributed by atoms with Crippen LogP contribution in [0.3, 0.4) is 0 Å². The van der Waals surface area contributed by atoms with E-state index in [1.807, 2.05) is 0 Å². The maximum atomic E-state index is 10.5. The summed E-state index contributed by atoms with van der Waals surface area (Å²) in [5.41, 5.74) is 5.34. The van der Waals surface area contributed by atoms with Gasteiger partial charge in [0.1, 0.15) is 6.04 Å². The molecule has 0 aromatic carbocycles. The van der Waals surface area contributed by atoms with Crippen LogP contribution in [0, 0.1) is 5.92 Å². The molecule has 13 heavy (non-hydrogen) atoms. The molecule has 1 saturated carbocycles. The third-order valence-electron chi connectivity index (χ3n) is 2.79. The van der Waals surface area contributed by atoms with Gasteiger partial charge in [-0.25, -0.2) is 0 Å². The second kappa shape index (κ2) is 4.58. The number of aliphatic hydroxyl groups is 1. The van der Waals surface area contributed by atoms with Crippen molar-refractivity contribution in [2.75, 3.05) is 0 Å². The third kappa shape index (κ3) is 2.67. The Morgan fingerprint density at radius 2 is 1.85 bits per heavy atom. The van der Waals surface area contributed by atoms with Crippen LogP contribution >= 0.6 is 0 Å². The fourth-order valence-electron chi connectivity index (χ4n) is 1.91. The van der Waals surface area contributed by atoms with Crippen molar-refractivity contribution in [3.05, 3.63) is 0 Å². The second-order valence-electron chi connectivity index (χ2n) is 3.75. The Morgan fingerprint density at radius 1 is 1.31 bits per heavy atom. The molecule has 1 aliphatic carbocycles. The van der Waals surface area contributed by atoms with E-state index >= 15 is 0 Å². The lowest BCUT2D eigenvalue weighted by Gasteiger charge is -2.28. The number of rotatable bonds is 3. The van der Waals surface area contributed by atoms with Crippen LogP contribution in [0.4, 0.5) is 0 Å². The van der Waals surface area contributed by atoms with Gasteiger partial charge in [-0.15, -0.1) is 0 Å². The van der Waals surface area contributed by atoms with Gasteiger partial charge >= 0.3 is 5.97 Å². The summed E-state index contributed by atoms with van der Waals surface area (Å²) in [6.07, 6.45) is 4.27. The summed E-state index contributed by atoms with van der Waals surface area (Å²) in [7, 11) is 0. The van der Waals surface area contributed by atoms with E-state index in [1.54, 1.807) is 0 Å². The number of carboxylic acid groups (broad SMARTS) is 1. The maximum Gasteiger partial charge on any atom is 0.323 e. The SMILES string of the molecule is N[C@H](C(=O)O)C(O)C1CCCCC1. The van der Waals surface area contributed by atoms with Gasteiger partial charge in [-0.3, -0.25) is 4.79 Å². The Hall–Kier alpha value is -0.610. The minimum atomic E-state index is -1.12. The van der Waals surface area contributed by atoms with Crippen LogP contribution < -0.4 is 5.73 Å². The molecule has 0 spiro atoms. The fraction of sp³-hybridized carbons (Fsp3) is 0.889. The number of hydrogen-bond donors (Lipinski definition) is 3. The number of aliphatic hydroxyl groups excluding tert-OH is 1. The average molecular weight is 187 g/mol. The van der Waals surface area contributed by atoms with Crippen molar-refractivity contribution in [2.45, 2.75) is 44.2 Å². The lowest BCUT2D eigenvalue weighted by molar-refractivity contribution is -0.142. The van der Waals surface area contributed by atoms with Gasteiger partial charge in [0, 0.05) is 0 Å². The molecule has 0 amide bonds. The highest BCUT2D eigenvalue weighted by Crippen LogP contribution is 2.27. The molecule has 1 fully saturated rings. The molecule has 1 aliphatic rings. The normalized spacial score (nSPS) is 23.8. The summed E-state index contributed by atoms with van der Waals surface area (Å²) >= 11 is 0. The highest BCUT2D eigenvalue weighted by molar-refractivity contribution is 5.73. The number of carbonyl (C=O) groups is 1. The Morgan fingerprint density at radius 3 is 2.31 bits per heavy atom. The third-order valence-corrected chi connectivity index (χ3v) is 2.79. The monoisotopic (exact) mass is 187 g/mol. The van der Waals surface area contributed by atoms with Gasteiger partial charge in [0.05, 0.1) is 6.10 Å². The van der Waals surface area contributed by atoms with E-state index in [9.17, 15) is 9.90 Å². The van der Waals surface area contributed by atoms with E-state index < -0.39 is 18.1 Å². The molecule has 1 unspecified atom stereocenters. The van der Waals surface area contributed by atoms with Crippen LogP contribution in [0.1, 0.15) is 32.1 Å². The maximum absolute atomic E-state index is 10.5. The molecule has 1 rings (SSSR count). The van der Waals surface area contributed by atoms with Gasteiger partial charge in [-0.2, -0.15) is 0 Å². The lowest BCUT2D eigenvalue weighted by atomic mass is 9.83. The lowest BCUT2D eigenvalue weighted by Crippen LogP contribution is -2.46. The zero-order valence-electron chi connectivity index (χ0n) is 7.65. The number of hydrogen-bond acceptors (Lipinski definition) is 3. The van der Waals surface area contributed by atoms with E-state index in [0.717, 1.165) is 25.7 Å². The second-order valence-corrected chi connectivity index (χ2v) is 3.75. The van der Waals surface area contributed by atoms with Crippen LogP contribution in [-0.2, 0) is 4.79 Å². The Balaban J connectivity index is 2.44. The molecule has 0 bridgehead atoms. The Kier molecular flexibility index (Phi) is 3.69. The van der Waals surface area contributed by atoms with Crippen LogP contribution in [0.5, 0.6) is 0 Å². The van der Waals surface area contributed by atoms with Crippen LogP contribution in [0.2, 0.25) is 0 Å². The first-order valence-corrected chi connectivity index (χ1v) is 4.79. The van der Waals surface area contributed by atoms with Crippen LogP contribution in [0.25, 0.3) is 0 Å². The van der Waals surface area contributed by atoms with Gasteiger partial charge in [0.15, 0.2) is 0 Å². The van der Waals surface area contributed by atoms with Crippen LogP contribution in [-0.4, -0.2) is 28.3 Å². The largest absolute Gasteiger partial charge is 0.480 e. The quantitative estimate of drug-likeness (QED) is 0.595. The van der Waals surface area contributed by atoms with Crippen molar-refractivity contribution < 1.29 is 15.0 Å². The van der Waals surface area contributed by atoms with Gasteiger partial charge in [-0.05, 0) is 18.8 Å². The van der Waals surface area contributed by atoms with Crippen molar-refractivity contribution in [3.63, 3.8) is 0 Å². The highest BCUT2D eigenvalue weighted by atomic mass is 16.4. The molecule has 0 saturated heterocycles. The minimum Gasteiger partial charge on any atom is -0.480 e. The first-order chi connectivity index (χ1) is 6.13. The Bertz CT molecular complexity index is 178. The van der Waals surface area contributed by atoms with E-state index in [1.165, 1.54) is 6.42 Å². The molecular weight excluding hydrogens is 170 g/mol. The molecular formula is C9H17NO3. The molecule has 0 aliphatic heterocycles. The van der Waals surface area contributed by atoms with Gasteiger partial charge in [0.2, 0.25) is 0 Å². The summed E-state index contributed by atoms with van der Waals surface area (Å²) in [6.45, 7) is 0. The summed E-state index contributed by atoms with van der Waals surface area (Å²) in [5.74, 6) is -1.03. The minimum absolute atomic E-state index is 0.0832. The topological polar surface area (TPSA) is 83.6 Å². The van der Waals surface area contributed by atoms with Gasteiger partial charge in [-0.1, -0.05) is 19.3 Å². The number of aliphatic carboxylic acids is 1. The molecule has 0 radical (unpaired) electrons. The molecule has 0 aromatic rings. The zero-order chi connectivity index (χ0) is 9.84. The smallest absolute Gasteiger partial charge is 0.323 e. The van der Waals surface area contributed by atoms with E-state index in [2.05, 4.69) is 0 Å². The first-order valence-electron chi connectivity index (χ1n) is 4.79. The van der Waals surface area contributed by atoms with Gasteiger partial charge < -0.3 is 15.9 Å². The highest BCUT2D eigenvalue weighted by Gasteiger charge is 2.30. The van der Waals surface area contributed by atoms with E-state index in [-0.39, 0.29) is 5.92 Å². The molecule has 0 heterocycles. The molecule has 4 N–H and O–H groups in total. The summed E-state index contributed by atoms with van der Waals surface area (Å²) < 4.78 is 0. The number of carboxylic acids is 1. The average Bonchev–Trinajstić information content (AvgIpc) is 2.17. The van der Waals surface area contributed by atoms with Crippen molar-refractivity contribution in [2.24, 2.45) is 11.7 Å². The molecule has 0 aromatic heterocycles. The first kappa shape index (κ1) is 10.5. The molecule has 2 atom stereocenters. The van der Waals surface area contributed by atoms with Crippen molar-refractivity contribution >= 4 is 5.97 Å². The molecule has 4 nitrogen and oxygen atoms in total. The van der Waals surface area contributed by atoms with Crippen molar-refractivity contribution in [3.8, 4) is 0 Å². The van der Waals surface area contributed by atoms with Crippen molar-refractivity contribution in [1.29, 1.82) is 0 Å². The van der Waals surface area contributed by atoms with Crippen LogP contribution in [0.15, 0.2) is 0 Å². The number of nitrogens with two attached hydrogens (primary N) is 1. The van der Waals surface area contributed by atoms with Gasteiger partial charge in [0.25, 0.3) is 0 Å². The fourth-order valence-corrected chi connectivity index (χ4v) is 1.91. The zero-order valence-corrected chi connectivity index (χ0v) is 7.65. The van der Waals surface area contributed by atoms with Crippen molar-refractivity contribution in [1.82, 2.24) is 0 Å². The summed E-state index contributed by atoms with van der Waals surface area (Å²) in [6, 6.07) is -1.12. The standard InChI is InChI=1S/C9H17NO3/c10-7(9(12)13)8(11)6-4-2-1-3-5-6/h6-8,11H,1-5,10H2,(H,12,13)/t7-,8?/m0/s1. The predicted octanol–water partition coefficient (Wildman–Crippen LogP) is 0.339. The van der Waals surface area contributed by atoms with E-state index in [4.69, 9.17) is 10.8 Å². The predicted molar refractivity (Wildman–Crippen MR) is 48.2 cm³/mol. The molecule has 4 heteroatoms.